The maximum Gasteiger partial charge on any atom is 0.383 e. The van der Waals surface area contributed by atoms with Gasteiger partial charge in [0.15, 0.2) is 11.5 Å². The van der Waals surface area contributed by atoms with Crippen molar-refractivity contribution >= 4 is 7.60 Å². The predicted molar refractivity (Wildman–Crippen MR) is 116 cm³/mol. The van der Waals surface area contributed by atoms with Gasteiger partial charge in [0.05, 0.1) is 34.1 Å². The number of benzene rings is 3. The maximum absolute atomic E-state index is 13.7. The Labute approximate surface area is 176 Å². The van der Waals surface area contributed by atoms with Gasteiger partial charge in [-0.05, 0) is 11.1 Å². The Morgan fingerprint density at radius 1 is 0.733 bits per heavy atom. The molecule has 0 fully saturated rings. The van der Waals surface area contributed by atoms with Crippen LogP contribution in [0.4, 0.5) is 0 Å². The van der Waals surface area contributed by atoms with Gasteiger partial charge < -0.3 is 18.7 Å². The highest BCUT2D eigenvalue weighted by Gasteiger charge is 2.28. The van der Waals surface area contributed by atoms with Crippen LogP contribution in [0, 0.1) is 0 Å². The van der Waals surface area contributed by atoms with E-state index in [1.54, 1.807) is 12.1 Å². The van der Waals surface area contributed by atoms with Crippen molar-refractivity contribution in [1.29, 1.82) is 0 Å². The minimum atomic E-state index is -3.56. The molecule has 3 aromatic carbocycles. The summed E-state index contributed by atoms with van der Waals surface area (Å²) in [5.74, 6) is 1.54. The van der Waals surface area contributed by atoms with E-state index in [2.05, 4.69) is 0 Å². The van der Waals surface area contributed by atoms with Crippen LogP contribution in [-0.2, 0) is 21.9 Å². The van der Waals surface area contributed by atoms with Crippen molar-refractivity contribution in [3.05, 3.63) is 83.9 Å². The topological polar surface area (TPSA) is 63.2 Å². The lowest BCUT2D eigenvalue weighted by molar-refractivity contribution is 0.253. The minimum Gasteiger partial charge on any atom is -0.493 e. The molecule has 158 valence electrons. The highest BCUT2D eigenvalue weighted by Crippen LogP contribution is 2.54. The van der Waals surface area contributed by atoms with Gasteiger partial charge in [-0.1, -0.05) is 60.7 Å². The third-order valence-electron chi connectivity index (χ3n) is 4.37. The molecule has 0 radical (unpaired) electrons. The molecule has 0 aromatic heterocycles. The van der Waals surface area contributed by atoms with Gasteiger partial charge in [0.25, 0.3) is 0 Å². The Morgan fingerprint density at radius 3 is 1.77 bits per heavy atom. The van der Waals surface area contributed by atoms with Crippen molar-refractivity contribution in [1.82, 2.24) is 0 Å². The van der Waals surface area contributed by atoms with Crippen LogP contribution in [0.15, 0.2) is 72.8 Å². The summed E-state index contributed by atoms with van der Waals surface area (Å²) in [5, 5.41) is 0. The van der Waals surface area contributed by atoms with Crippen LogP contribution in [0.5, 0.6) is 23.0 Å². The van der Waals surface area contributed by atoms with Gasteiger partial charge in [-0.2, -0.15) is 0 Å². The molecule has 0 aliphatic rings. The number of ether oxygens (including phenoxy) is 3. The molecule has 1 atom stereocenters. The van der Waals surface area contributed by atoms with Gasteiger partial charge in [-0.3, -0.25) is 4.52 Å². The van der Waals surface area contributed by atoms with E-state index in [1.165, 1.54) is 21.3 Å². The summed E-state index contributed by atoms with van der Waals surface area (Å²) in [7, 11) is 0.974. The summed E-state index contributed by atoms with van der Waals surface area (Å²) < 4.78 is 41.6. The van der Waals surface area contributed by atoms with Crippen molar-refractivity contribution in [2.75, 3.05) is 21.3 Å². The zero-order valence-electron chi connectivity index (χ0n) is 17.2. The molecular weight excluding hydrogens is 403 g/mol. The zero-order valence-corrected chi connectivity index (χ0v) is 18.1. The Balaban J connectivity index is 1.90. The fraction of sp³-hybridized carbons (Fsp3) is 0.217. The third-order valence-corrected chi connectivity index (χ3v) is 6.14. The van der Waals surface area contributed by atoms with Crippen LogP contribution in [0.3, 0.4) is 0 Å². The summed E-state index contributed by atoms with van der Waals surface area (Å²) in [6.45, 7) is 0.162. The Bertz CT molecular complexity index is 966. The molecule has 7 heteroatoms. The van der Waals surface area contributed by atoms with Crippen LogP contribution >= 0.6 is 7.60 Å². The first-order valence-corrected chi connectivity index (χ1v) is 11.1. The Morgan fingerprint density at radius 2 is 1.27 bits per heavy atom. The monoisotopic (exact) mass is 428 g/mol. The number of hydrogen-bond donors (Lipinski definition) is 0. The zero-order chi connectivity index (χ0) is 21.4. The average Bonchev–Trinajstić information content (AvgIpc) is 2.78. The van der Waals surface area contributed by atoms with Crippen molar-refractivity contribution in [3.63, 3.8) is 0 Å². The highest BCUT2D eigenvalue weighted by molar-refractivity contribution is 7.53. The fourth-order valence-electron chi connectivity index (χ4n) is 2.93. The van der Waals surface area contributed by atoms with Gasteiger partial charge in [0, 0.05) is 12.1 Å². The molecule has 0 N–H and O–H groups in total. The standard InChI is InChI=1S/C23H25O6P/c1-25-21-14-20(15-22(26-2)23(21)27-3)29-30(24,17-19-12-8-5-9-13-19)28-16-18-10-6-4-7-11-18/h4-15H,16-17H2,1-3H3. The van der Waals surface area contributed by atoms with E-state index in [0.717, 1.165) is 11.1 Å². The van der Waals surface area contributed by atoms with Gasteiger partial charge in [0.2, 0.25) is 5.75 Å². The van der Waals surface area contributed by atoms with Crippen LogP contribution in [0.25, 0.3) is 0 Å². The quantitative estimate of drug-likeness (QED) is 0.386. The summed E-state index contributed by atoms with van der Waals surface area (Å²) in [6.07, 6.45) is 0.122. The fourth-order valence-corrected chi connectivity index (χ4v) is 4.57. The molecule has 0 amide bonds. The average molecular weight is 428 g/mol. The largest absolute Gasteiger partial charge is 0.493 e. The second kappa shape index (κ2) is 10.2. The molecule has 0 heterocycles. The lowest BCUT2D eigenvalue weighted by Crippen LogP contribution is -2.03. The molecule has 3 rings (SSSR count). The molecule has 6 nitrogen and oxygen atoms in total. The normalized spacial score (nSPS) is 12.6. The highest BCUT2D eigenvalue weighted by atomic mass is 31.2. The molecule has 1 unspecified atom stereocenters. The van der Waals surface area contributed by atoms with E-state index >= 15 is 0 Å². The first-order chi connectivity index (χ1) is 14.6. The van der Waals surface area contributed by atoms with Gasteiger partial charge in [-0.15, -0.1) is 0 Å². The summed E-state index contributed by atoms with van der Waals surface area (Å²) in [6, 6.07) is 22.2. The SMILES string of the molecule is COc1cc(OP(=O)(Cc2ccccc2)OCc2ccccc2)cc(OC)c1OC. The van der Waals surface area contributed by atoms with Crippen LogP contribution in [0.2, 0.25) is 0 Å². The lowest BCUT2D eigenvalue weighted by Gasteiger charge is -2.21. The molecule has 0 spiro atoms. The molecule has 0 saturated heterocycles. The summed E-state index contributed by atoms with van der Waals surface area (Å²) >= 11 is 0. The van der Waals surface area contributed by atoms with E-state index < -0.39 is 7.60 Å². The predicted octanol–water partition coefficient (Wildman–Crippen LogP) is 5.70. The van der Waals surface area contributed by atoms with Crippen molar-refractivity contribution in [2.24, 2.45) is 0 Å². The Kier molecular flexibility index (Phi) is 7.39. The van der Waals surface area contributed by atoms with Gasteiger partial charge in [-0.25, -0.2) is 4.57 Å². The van der Waals surface area contributed by atoms with Crippen molar-refractivity contribution in [2.45, 2.75) is 12.8 Å². The van der Waals surface area contributed by atoms with Gasteiger partial charge in [0.1, 0.15) is 5.75 Å². The smallest absolute Gasteiger partial charge is 0.383 e. The second-order valence-corrected chi connectivity index (χ2v) is 8.44. The van der Waals surface area contributed by atoms with E-state index in [-0.39, 0.29) is 12.8 Å². The number of hydrogen-bond acceptors (Lipinski definition) is 6. The summed E-state index contributed by atoms with van der Waals surface area (Å²) in [5.41, 5.74) is 1.75. The minimum absolute atomic E-state index is 0.122. The number of methoxy groups -OCH3 is 3. The molecule has 30 heavy (non-hydrogen) atoms. The molecule has 0 saturated carbocycles. The lowest BCUT2D eigenvalue weighted by atomic mass is 10.2. The van der Waals surface area contributed by atoms with E-state index in [4.69, 9.17) is 23.3 Å². The van der Waals surface area contributed by atoms with Gasteiger partial charge >= 0.3 is 7.60 Å². The molecule has 0 aliphatic carbocycles. The van der Waals surface area contributed by atoms with E-state index in [1.807, 2.05) is 60.7 Å². The van der Waals surface area contributed by atoms with E-state index in [0.29, 0.717) is 23.0 Å². The molecule has 0 bridgehead atoms. The number of rotatable bonds is 10. The molecule has 3 aromatic rings. The van der Waals surface area contributed by atoms with Crippen LogP contribution in [0.1, 0.15) is 11.1 Å². The third kappa shape index (κ3) is 5.56. The van der Waals surface area contributed by atoms with Crippen LogP contribution < -0.4 is 18.7 Å². The van der Waals surface area contributed by atoms with Crippen molar-refractivity contribution < 1.29 is 27.8 Å². The first kappa shape index (κ1) is 21.8. The maximum atomic E-state index is 13.7. The van der Waals surface area contributed by atoms with Crippen molar-refractivity contribution in [3.8, 4) is 23.0 Å². The molecule has 0 aliphatic heterocycles. The summed E-state index contributed by atoms with van der Waals surface area (Å²) in [4.78, 5) is 0. The Hall–Kier alpha value is -2.95. The molecular formula is C23H25O6P. The second-order valence-electron chi connectivity index (χ2n) is 6.47. The van der Waals surface area contributed by atoms with E-state index in [9.17, 15) is 4.57 Å². The van der Waals surface area contributed by atoms with Crippen LogP contribution in [-0.4, -0.2) is 21.3 Å². The first-order valence-electron chi connectivity index (χ1n) is 9.38.